The van der Waals surface area contributed by atoms with Crippen molar-refractivity contribution in [3.8, 4) is 0 Å². The van der Waals surface area contributed by atoms with Crippen LogP contribution in [0.5, 0.6) is 0 Å². The number of halogens is 1. The lowest BCUT2D eigenvalue weighted by atomic mass is 10.1. The topological polar surface area (TPSA) is 17.0 Å². The number of nitrogens with one attached hydrogen (secondary N) is 1. The number of hydrogen-bond acceptors (Lipinski definition) is 1. The average Bonchev–Trinajstić information content (AvgIpc) is 2.87. The van der Waals surface area contributed by atoms with Crippen molar-refractivity contribution in [3.05, 3.63) is 59.7 Å². The molecule has 1 aromatic carbocycles. The third kappa shape index (κ3) is 4.49. The van der Waals surface area contributed by atoms with Gasteiger partial charge in [0.15, 0.2) is 0 Å². The quantitative estimate of drug-likeness (QED) is 0.813. The molecule has 0 amide bonds. The van der Waals surface area contributed by atoms with Crippen molar-refractivity contribution in [1.29, 1.82) is 0 Å². The van der Waals surface area contributed by atoms with Gasteiger partial charge in [0.05, 0.1) is 0 Å². The first-order valence-corrected chi connectivity index (χ1v) is 7.30. The first-order valence-electron chi connectivity index (χ1n) is 7.30. The van der Waals surface area contributed by atoms with E-state index in [9.17, 15) is 4.39 Å². The van der Waals surface area contributed by atoms with Crippen molar-refractivity contribution in [2.75, 3.05) is 0 Å². The second-order valence-electron chi connectivity index (χ2n) is 5.37. The normalized spacial score (nSPS) is 12.6. The van der Waals surface area contributed by atoms with Crippen molar-refractivity contribution < 1.29 is 4.39 Å². The second-order valence-corrected chi connectivity index (χ2v) is 5.37. The zero-order chi connectivity index (χ0) is 14.4. The van der Waals surface area contributed by atoms with Crippen LogP contribution in [0.2, 0.25) is 0 Å². The van der Waals surface area contributed by atoms with Crippen LogP contribution in [0.15, 0.2) is 42.7 Å². The van der Waals surface area contributed by atoms with E-state index in [0.717, 1.165) is 31.5 Å². The van der Waals surface area contributed by atoms with Crippen molar-refractivity contribution in [2.24, 2.45) is 0 Å². The van der Waals surface area contributed by atoms with Gasteiger partial charge in [-0.2, -0.15) is 0 Å². The maximum Gasteiger partial charge on any atom is 0.123 e. The Morgan fingerprint density at radius 2 is 1.90 bits per heavy atom. The van der Waals surface area contributed by atoms with Crippen LogP contribution in [0.3, 0.4) is 0 Å². The second kappa shape index (κ2) is 7.25. The van der Waals surface area contributed by atoms with Crippen LogP contribution in [0, 0.1) is 5.82 Å². The molecule has 2 aromatic rings. The maximum atomic E-state index is 12.8. The van der Waals surface area contributed by atoms with Crippen LogP contribution in [-0.4, -0.2) is 10.6 Å². The van der Waals surface area contributed by atoms with E-state index in [1.165, 1.54) is 17.7 Å². The number of benzene rings is 1. The van der Waals surface area contributed by atoms with Crippen LogP contribution in [0.4, 0.5) is 4.39 Å². The van der Waals surface area contributed by atoms with E-state index in [0.29, 0.717) is 6.04 Å². The highest BCUT2D eigenvalue weighted by Gasteiger charge is 2.04. The zero-order valence-corrected chi connectivity index (χ0v) is 12.3. The SMILES string of the molecule is CCCn1ccc(CNC(C)Cc2ccc(F)cc2)c1. The van der Waals surface area contributed by atoms with E-state index in [-0.39, 0.29) is 5.82 Å². The lowest BCUT2D eigenvalue weighted by molar-refractivity contribution is 0.543. The van der Waals surface area contributed by atoms with Gasteiger partial charge in [-0.05, 0) is 49.1 Å². The van der Waals surface area contributed by atoms with Crippen LogP contribution >= 0.6 is 0 Å². The maximum absolute atomic E-state index is 12.8. The minimum atomic E-state index is -0.174. The summed E-state index contributed by atoms with van der Waals surface area (Å²) >= 11 is 0. The third-order valence-corrected chi connectivity index (χ3v) is 3.40. The first-order chi connectivity index (χ1) is 9.67. The molecule has 0 aliphatic carbocycles. The molecule has 0 bridgehead atoms. The molecule has 1 heterocycles. The van der Waals surface area contributed by atoms with Crippen LogP contribution in [0.25, 0.3) is 0 Å². The van der Waals surface area contributed by atoms with Gasteiger partial charge < -0.3 is 9.88 Å². The Morgan fingerprint density at radius 1 is 1.15 bits per heavy atom. The standard InChI is InChI=1S/C17H23FN2/c1-3-9-20-10-8-16(13-20)12-19-14(2)11-15-4-6-17(18)7-5-15/h4-8,10,13-14,19H,3,9,11-12H2,1-2H3. The van der Waals surface area contributed by atoms with Crippen molar-refractivity contribution in [2.45, 2.75) is 45.8 Å². The molecule has 1 unspecified atom stereocenters. The number of aryl methyl sites for hydroxylation is 1. The highest BCUT2D eigenvalue weighted by atomic mass is 19.1. The molecule has 108 valence electrons. The zero-order valence-electron chi connectivity index (χ0n) is 12.3. The van der Waals surface area contributed by atoms with Gasteiger partial charge in [0.25, 0.3) is 0 Å². The third-order valence-electron chi connectivity index (χ3n) is 3.40. The van der Waals surface area contributed by atoms with Crippen LogP contribution in [-0.2, 0) is 19.5 Å². The van der Waals surface area contributed by atoms with Crippen molar-refractivity contribution in [3.63, 3.8) is 0 Å². The Bertz CT molecular complexity index is 516. The number of nitrogens with zero attached hydrogens (tertiary/aromatic N) is 1. The van der Waals surface area contributed by atoms with Gasteiger partial charge >= 0.3 is 0 Å². The summed E-state index contributed by atoms with van der Waals surface area (Å²) in [6, 6.07) is 9.28. The molecular weight excluding hydrogens is 251 g/mol. The summed E-state index contributed by atoms with van der Waals surface area (Å²) in [5.74, 6) is -0.174. The van der Waals surface area contributed by atoms with Crippen LogP contribution < -0.4 is 5.32 Å². The lowest BCUT2D eigenvalue weighted by Crippen LogP contribution is -2.27. The fraction of sp³-hybridized carbons (Fsp3) is 0.412. The molecule has 1 atom stereocenters. The summed E-state index contributed by atoms with van der Waals surface area (Å²) in [4.78, 5) is 0. The molecule has 1 aromatic heterocycles. The molecule has 0 fully saturated rings. The Balaban J connectivity index is 1.79. The molecule has 2 rings (SSSR count). The molecule has 20 heavy (non-hydrogen) atoms. The summed E-state index contributed by atoms with van der Waals surface area (Å²) in [5, 5.41) is 3.51. The summed E-state index contributed by atoms with van der Waals surface area (Å²) in [6.07, 6.45) is 6.39. The van der Waals surface area contributed by atoms with E-state index in [1.807, 2.05) is 12.1 Å². The summed E-state index contributed by atoms with van der Waals surface area (Å²) in [6.45, 7) is 6.29. The number of rotatable bonds is 7. The molecule has 1 N–H and O–H groups in total. The van der Waals surface area contributed by atoms with E-state index < -0.39 is 0 Å². The van der Waals surface area contributed by atoms with Crippen molar-refractivity contribution in [1.82, 2.24) is 9.88 Å². The van der Waals surface area contributed by atoms with Crippen LogP contribution in [0.1, 0.15) is 31.4 Å². The van der Waals surface area contributed by atoms with Gasteiger partial charge in [-0.15, -0.1) is 0 Å². The summed E-state index contributed by atoms with van der Waals surface area (Å²) in [5.41, 5.74) is 2.47. The Morgan fingerprint density at radius 3 is 2.60 bits per heavy atom. The van der Waals surface area contributed by atoms with Gasteiger partial charge in [-0.3, -0.25) is 0 Å². The Kier molecular flexibility index (Phi) is 5.36. The van der Waals surface area contributed by atoms with Gasteiger partial charge in [-0.25, -0.2) is 4.39 Å². The van der Waals surface area contributed by atoms with Crippen molar-refractivity contribution >= 4 is 0 Å². The largest absolute Gasteiger partial charge is 0.354 e. The molecule has 2 nitrogen and oxygen atoms in total. The molecule has 0 aliphatic rings. The Labute approximate surface area is 120 Å². The van der Waals surface area contributed by atoms with Gasteiger partial charge in [0.2, 0.25) is 0 Å². The van der Waals surface area contributed by atoms with Gasteiger partial charge in [0, 0.05) is 31.5 Å². The minimum Gasteiger partial charge on any atom is -0.354 e. The highest BCUT2D eigenvalue weighted by Crippen LogP contribution is 2.07. The average molecular weight is 274 g/mol. The monoisotopic (exact) mass is 274 g/mol. The smallest absolute Gasteiger partial charge is 0.123 e. The van der Waals surface area contributed by atoms with E-state index in [1.54, 1.807) is 0 Å². The molecule has 0 saturated carbocycles. The number of hydrogen-bond donors (Lipinski definition) is 1. The molecule has 0 spiro atoms. The lowest BCUT2D eigenvalue weighted by Gasteiger charge is -2.13. The minimum absolute atomic E-state index is 0.174. The van der Waals surface area contributed by atoms with Gasteiger partial charge in [-0.1, -0.05) is 19.1 Å². The highest BCUT2D eigenvalue weighted by molar-refractivity contribution is 5.17. The fourth-order valence-electron chi connectivity index (χ4n) is 2.33. The predicted octanol–water partition coefficient (Wildman–Crippen LogP) is 3.76. The number of aromatic nitrogens is 1. The van der Waals surface area contributed by atoms with Gasteiger partial charge in [0.1, 0.15) is 5.82 Å². The first kappa shape index (κ1) is 14.8. The summed E-state index contributed by atoms with van der Waals surface area (Å²) < 4.78 is 15.1. The van der Waals surface area contributed by atoms with E-state index in [4.69, 9.17) is 0 Å². The van der Waals surface area contributed by atoms with E-state index >= 15 is 0 Å². The molecule has 3 heteroatoms. The Hall–Kier alpha value is -1.61. The fourth-order valence-corrected chi connectivity index (χ4v) is 2.33. The predicted molar refractivity (Wildman–Crippen MR) is 81.1 cm³/mol. The molecule has 0 radical (unpaired) electrons. The molecule has 0 saturated heterocycles. The molecular formula is C17H23FN2. The summed E-state index contributed by atoms with van der Waals surface area (Å²) in [7, 11) is 0. The molecule has 0 aliphatic heterocycles. The van der Waals surface area contributed by atoms with E-state index in [2.05, 4.69) is 42.2 Å².